The summed E-state index contributed by atoms with van der Waals surface area (Å²) in [4.78, 5) is 84.0. The van der Waals surface area contributed by atoms with Gasteiger partial charge in [0, 0.05) is 53.2 Å². The van der Waals surface area contributed by atoms with Gasteiger partial charge in [-0.1, -0.05) is 6.07 Å². The number of primary amides is 1. The molecule has 2 aliphatic heterocycles. The molecule has 2 fully saturated rings. The minimum atomic E-state index is -0.857. The van der Waals surface area contributed by atoms with Crippen LogP contribution in [0.2, 0.25) is 0 Å². The summed E-state index contributed by atoms with van der Waals surface area (Å²) >= 11 is 0. The van der Waals surface area contributed by atoms with Crippen LogP contribution in [0.3, 0.4) is 0 Å². The zero-order valence-corrected chi connectivity index (χ0v) is 31.1. The van der Waals surface area contributed by atoms with Crippen LogP contribution in [0, 0.1) is 6.92 Å². The summed E-state index contributed by atoms with van der Waals surface area (Å²) in [7, 11) is 0. The van der Waals surface area contributed by atoms with Crippen molar-refractivity contribution >= 4 is 69.4 Å². The lowest BCUT2D eigenvalue weighted by Crippen LogP contribution is -2.45. The third kappa shape index (κ3) is 10.5. The van der Waals surface area contributed by atoms with Crippen LogP contribution in [-0.4, -0.2) is 96.5 Å². The molecule has 16 nitrogen and oxygen atoms in total. The summed E-state index contributed by atoms with van der Waals surface area (Å²) in [5, 5.41) is 15.1. The van der Waals surface area contributed by atoms with Crippen LogP contribution < -0.4 is 32.3 Å². The quantitative estimate of drug-likeness (QED) is 0.0921. The SMILES string of the molecule is Cc1cc2cc(Nc3cccc(NC(=NC4CCCCN(CC(=O)N5CCCC5)C4=O)NC(=O)c4ccc(C(=O)NCC(=O)NCC(N)=O)cc4)c3)ccc2o1. The number of nitrogens with zero attached hydrogens (tertiary/aromatic N) is 3. The number of guanidine groups is 1. The lowest BCUT2D eigenvalue weighted by Gasteiger charge is -2.25. The van der Waals surface area contributed by atoms with E-state index in [4.69, 9.17) is 15.1 Å². The van der Waals surface area contributed by atoms with Gasteiger partial charge in [-0.05, 0) is 106 Å². The average molecular weight is 764 g/mol. The van der Waals surface area contributed by atoms with Crippen molar-refractivity contribution in [3.8, 4) is 0 Å². The number of nitrogens with two attached hydrogens (primary N) is 1. The summed E-state index contributed by atoms with van der Waals surface area (Å²) in [6.45, 7) is 2.97. The second-order valence-electron chi connectivity index (χ2n) is 13.7. The van der Waals surface area contributed by atoms with E-state index in [2.05, 4.69) is 26.6 Å². The van der Waals surface area contributed by atoms with Crippen molar-refractivity contribution in [3.63, 3.8) is 0 Å². The summed E-state index contributed by atoms with van der Waals surface area (Å²) in [5.74, 6) is -1.96. The molecule has 4 aromatic rings. The Morgan fingerprint density at radius 3 is 2.25 bits per heavy atom. The normalized spacial score (nSPS) is 15.9. The van der Waals surface area contributed by atoms with Gasteiger partial charge in [0.15, 0.2) is 0 Å². The van der Waals surface area contributed by atoms with Crippen LogP contribution >= 0.6 is 0 Å². The maximum atomic E-state index is 13.9. The lowest BCUT2D eigenvalue weighted by molar-refractivity contribution is -0.140. The molecule has 0 saturated carbocycles. The Hall–Kier alpha value is -6.71. The number of likely N-dealkylation sites (tertiary alicyclic amines) is 2. The lowest BCUT2D eigenvalue weighted by atomic mass is 10.1. The van der Waals surface area contributed by atoms with E-state index in [9.17, 15) is 28.8 Å². The zero-order chi connectivity index (χ0) is 39.6. The summed E-state index contributed by atoms with van der Waals surface area (Å²) < 4.78 is 5.70. The maximum absolute atomic E-state index is 13.9. The highest BCUT2D eigenvalue weighted by atomic mass is 16.3. The average Bonchev–Trinajstić information content (AvgIpc) is 3.82. The molecule has 6 rings (SSSR count). The van der Waals surface area contributed by atoms with Crippen molar-refractivity contribution in [2.75, 3.05) is 49.9 Å². The number of fused-ring (bicyclic) bond motifs is 1. The highest BCUT2D eigenvalue weighted by Gasteiger charge is 2.30. The molecule has 1 aromatic heterocycles. The van der Waals surface area contributed by atoms with Crippen LogP contribution in [0.15, 0.2) is 82.2 Å². The monoisotopic (exact) mass is 763 g/mol. The number of anilines is 3. The van der Waals surface area contributed by atoms with Gasteiger partial charge in [0.05, 0.1) is 19.6 Å². The van der Waals surface area contributed by atoms with Crippen molar-refractivity contribution in [2.45, 2.75) is 45.1 Å². The molecule has 1 unspecified atom stereocenters. The van der Waals surface area contributed by atoms with Crippen molar-refractivity contribution in [3.05, 3.63) is 89.7 Å². The van der Waals surface area contributed by atoms with Crippen molar-refractivity contribution in [1.29, 1.82) is 0 Å². The Morgan fingerprint density at radius 2 is 1.50 bits per heavy atom. The predicted octanol–water partition coefficient (Wildman–Crippen LogP) is 3.02. The molecule has 3 aromatic carbocycles. The number of aryl methyl sites for hydroxylation is 1. The van der Waals surface area contributed by atoms with Crippen molar-refractivity contribution in [2.24, 2.45) is 10.7 Å². The Bertz CT molecular complexity index is 2140. The maximum Gasteiger partial charge on any atom is 0.257 e. The fraction of sp³-hybridized carbons (Fsp3) is 0.325. The van der Waals surface area contributed by atoms with Gasteiger partial charge in [0.2, 0.25) is 29.6 Å². The largest absolute Gasteiger partial charge is 0.461 e. The molecule has 3 heterocycles. The van der Waals surface area contributed by atoms with E-state index in [1.807, 2.05) is 49.4 Å². The second kappa shape index (κ2) is 18.1. The number of hydrogen-bond donors (Lipinski definition) is 6. The molecule has 2 saturated heterocycles. The van der Waals surface area contributed by atoms with Crippen molar-refractivity contribution < 1.29 is 33.2 Å². The molecular weight excluding hydrogens is 718 g/mol. The number of benzene rings is 3. The van der Waals surface area contributed by atoms with Gasteiger partial charge in [-0.3, -0.25) is 34.1 Å². The number of furan rings is 1. The number of aliphatic imine (C=N–C) groups is 1. The molecule has 16 heteroatoms. The van der Waals surface area contributed by atoms with Crippen LogP contribution in [-0.2, 0) is 19.2 Å². The van der Waals surface area contributed by atoms with Crippen molar-refractivity contribution in [1.82, 2.24) is 25.8 Å². The number of rotatable bonds is 12. The minimum absolute atomic E-state index is 0.0180. The van der Waals surface area contributed by atoms with Gasteiger partial charge in [-0.2, -0.15) is 0 Å². The molecule has 0 bridgehead atoms. The van der Waals surface area contributed by atoms with Crippen LogP contribution in [0.5, 0.6) is 0 Å². The summed E-state index contributed by atoms with van der Waals surface area (Å²) in [6, 6.07) is 20.0. The number of carbonyl (C=O) groups excluding carboxylic acids is 6. The highest BCUT2D eigenvalue weighted by molar-refractivity contribution is 6.11. The molecule has 6 amide bonds. The molecule has 0 radical (unpaired) electrons. The molecule has 0 aliphatic carbocycles. The zero-order valence-electron chi connectivity index (χ0n) is 31.1. The molecule has 56 heavy (non-hydrogen) atoms. The summed E-state index contributed by atoms with van der Waals surface area (Å²) in [6.07, 6.45) is 3.75. The van der Waals surface area contributed by atoms with Gasteiger partial charge in [-0.15, -0.1) is 0 Å². The van der Waals surface area contributed by atoms with E-state index < -0.39 is 29.7 Å². The molecule has 2 aliphatic rings. The third-order valence-electron chi connectivity index (χ3n) is 9.39. The first-order valence-corrected chi connectivity index (χ1v) is 18.5. The Labute approximate surface area is 323 Å². The molecule has 0 spiro atoms. The fourth-order valence-electron chi connectivity index (χ4n) is 6.54. The molecule has 1 atom stereocenters. The standard InChI is InChI=1S/C40H45N9O7/c1-25-19-28-20-31(14-15-33(28)56-25)44-29-7-6-8-30(21-29)45-40(46-32-9-2-3-18-49(39(32)55)24-36(52)48-16-4-5-17-48)47-38(54)27-12-10-26(11-13-27)37(53)43-23-35(51)42-22-34(41)50/h6-8,10-15,19-21,32,44H,2-5,9,16-18,22-24H2,1H3,(H2,41,50)(H,42,51)(H,43,53)(H2,45,46,47,54). The smallest absolute Gasteiger partial charge is 0.257 e. The van der Waals surface area contributed by atoms with Gasteiger partial charge >= 0.3 is 0 Å². The van der Waals surface area contributed by atoms with Crippen LogP contribution in [0.4, 0.5) is 17.1 Å². The van der Waals surface area contributed by atoms with E-state index in [-0.39, 0.29) is 48.5 Å². The Morgan fingerprint density at radius 1 is 0.804 bits per heavy atom. The van der Waals surface area contributed by atoms with Gasteiger partial charge in [0.25, 0.3) is 11.8 Å². The number of amides is 6. The number of hydrogen-bond acceptors (Lipinski definition) is 9. The van der Waals surface area contributed by atoms with E-state index in [0.717, 1.165) is 47.4 Å². The van der Waals surface area contributed by atoms with E-state index >= 15 is 0 Å². The number of carbonyl (C=O) groups is 6. The topological polar surface area (TPSA) is 221 Å². The second-order valence-corrected chi connectivity index (χ2v) is 13.7. The number of nitrogens with one attached hydrogen (secondary N) is 5. The Kier molecular flexibility index (Phi) is 12.6. The van der Waals surface area contributed by atoms with Gasteiger partial charge in [-0.25, -0.2) is 4.99 Å². The van der Waals surface area contributed by atoms with E-state index in [1.54, 1.807) is 15.9 Å². The first-order chi connectivity index (χ1) is 27.0. The molecule has 7 N–H and O–H groups in total. The molecular formula is C40H45N9O7. The Balaban J connectivity index is 1.19. The predicted molar refractivity (Wildman–Crippen MR) is 210 cm³/mol. The van der Waals surface area contributed by atoms with Gasteiger partial charge in [0.1, 0.15) is 17.4 Å². The van der Waals surface area contributed by atoms with Crippen LogP contribution in [0.1, 0.15) is 58.6 Å². The van der Waals surface area contributed by atoms with E-state index in [1.165, 1.54) is 24.3 Å². The van der Waals surface area contributed by atoms with Crippen LogP contribution in [0.25, 0.3) is 11.0 Å². The van der Waals surface area contributed by atoms with Gasteiger partial charge < -0.3 is 41.2 Å². The third-order valence-corrected chi connectivity index (χ3v) is 9.39. The fourth-order valence-corrected chi connectivity index (χ4v) is 6.54. The first kappa shape index (κ1) is 39.0. The highest BCUT2D eigenvalue weighted by Crippen LogP contribution is 2.26. The summed E-state index contributed by atoms with van der Waals surface area (Å²) in [5.41, 5.74) is 8.35. The minimum Gasteiger partial charge on any atom is -0.461 e. The molecule has 292 valence electrons. The van der Waals surface area contributed by atoms with E-state index in [0.29, 0.717) is 38.2 Å². The first-order valence-electron chi connectivity index (χ1n) is 18.5.